The number of aromatic nitrogens is 3. The van der Waals surface area contributed by atoms with Crippen LogP contribution >= 0.6 is 35.0 Å². The van der Waals surface area contributed by atoms with E-state index in [1.807, 2.05) is 84.3 Å². The molecular weight excluding hydrogens is 465 g/mol. The molecule has 0 unspecified atom stereocenters. The van der Waals surface area contributed by atoms with Crippen LogP contribution in [0, 0.1) is 0 Å². The Labute approximate surface area is 201 Å². The average molecular weight is 486 g/mol. The second kappa shape index (κ2) is 10.8. The minimum Gasteiger partial charge on any atom is -0.494 e. The highest BCUT2D eigenvalue weighted by atomic mass is 35.5. The molecule has 0 amide bonds. The molecule has 0 bridgehead atoms. The number of thioether (sulfide) groups is 1. The summed E-state index contributed by atoms with van der Waals surface area (Å²) in [7, 11) is 0. The molecule has 0 N–H and O–H groups in total. The molecule has 4 rings (SSSR count). The van der Waals surface area contributed by atoms with Gasteiger partial charge in [0.05, 0.1) is 18.2 Å². The molecule has 1 aromatic heterocycles. The van der Waals surface area contributed by atoms with Gasteiger partial charge in [-0.3, -0.25) is 4.57 Å². The smallest absolute Gasteiger partial charge is 0.196 e. The van der Waals surface area contributed by atoms with E-state index in [4.69, 9.17) is 32.7 Å². The highest BCUT2D eigenvalue weighted by Gasteiger charge is 2.16. The Hall–Kier alpha value is -2.67. The number of ether oxygens (including phenoxy) is 2. The second-order valence-corrected chi connectivity index (χ2v) is 8.61. The van der Waals surface area contributed by atoms with Gasteiger partial charge in [-0.15, -0.1) is 10.2 Å². The molecule has 0 saturated heterocycles. The monoisotopic (exact) mass is 485 g/mol. The molecule has 8 heteroatoms. The summed E-state index contributed by atoms with van der Waals surface area (Å²) in [4.78, 5) is 0. The first kappa shape index (κ1) is 22.5. The van der Waals surface area contributed by atoms with Crippen LogP contribution in [0.25, 0.3) is 17.1 Å². The van der Waals surface area contributed by atoms with Crippen molar-refractivity contribution in [3.05, 3.63) is 82.8 Å². The molecule has 0 atom stereocenters. The van der Waals surface area contributed by atoms with Crippen molar-refractivity contribution in [2.75, 3.05) is 19.0 Å². The van der Waals surface area contributed by atoms with E-state index >= 15 is 0 Å². The van der Waals surface area contributed by atoms with Gasteiger partial charge in [-0.05, 0) is 67.6 Å². The fourth-order valence-corrected chi connectivity index (χ4v) is 4.17. The molecule has 0 saturated carbocycles. The highest BCUT2D eigenvalue weighted by Crippen LogP contribution is 2.30. The van der Waals surface area contributed by atoms with Gasteiger partial charge in [0.15, 0.2) is 11.0 Å². The van der Waals surface area contributed by atoms with Gasteiger partial charge in [0.25, 0.3) is 0 Å². The van der Waals surface area contributed by atoms with Gasteiger partial charge in [0.2, 0.25) is 0 Å². The molecule has 32 heavy (non-hydrogen) atoms. The lowest BCUT2D eigenvalue weighted by Crippen LogP contribution is -2.04. The Morgan fingerprint density at radius 3 is 2.34 bits per heavy atom. The molecule has 4 aromatic rings. The standard InChI is InChI=1S/C24H21Cl2N3O2S/c1-2-30-20-13-11-19(12-14-20)29-23(17-7-9-18(25)10-8-17)27-28-24(29)32-16-15-31-22-6-4-3-5-21(22)26/h3-14H,2,15-16H2,1H3. The fourth-order valence-electron chi connectivity index (χ4n) is 3.09. The lowest BCUT2D eigenvalue weighted by Gasteiger charge is -2.12. The SMILES string of the molecule is CCOc1ccc(-n2c(SCCOc3ccccc3Cl)nnc2-c2ccc(Cl)cc2)cc1. The van der Waals surface area contributed by atoms with E-state index < -0.39 is 0 Å². The van der Waals surface area contributed by atoms with Gasteiger partial charge in [-0.25, -0.2) is 0 Å². The molecular formula is C24H21Cl2N3O2S. The van der Waals surface area contributed by atoms with Crippen LogP contribution < -0.4 is 9.47 Å². The first-order chi connectivity index (χ1) is 15.7. The third-order valence-electron chi connectivity index (χ3n) is 4.55. The van der Waals surface area contributed by atoms with Crippen molar-refractivity contribution in [2.45, 2.75) is 12.1 Å². The molecule has 0 fully saturated rings. The van der Waals surface area contributed by atoms with Crippen LogP contribution in [-0.2, 0) is 0 Å². The zero-order valence-electron chi connectivity index (χ0n) is 17.4. The van der Waals surface area contributed by atoms with Gasteiger partial charge < -0.3 is 9.47 Å². The van der Waals surface area contributed by atoms with Gasteiger partial charge >= 0.3 is 0 Å². The van der Waals surface area contributed by atoms with Gasteiger partial charge in [-0.2, -0.15) is 0 Å². The molecule has 0 aliphatic rings. The number of halogens is 2. The van der Waals surface area contributed by atoms with E-state index in [1.165, 1.54) is 0 Å². The third-order valence-corrected chi connectivity index (χ3v) is 6.01. The minimum absolute atomic E-state index is 0.487. The Morgan fingerprint density at radius 1 is 0.875 bits per heavy atom. The molecule has 0 aliphatic heterocycles. The first-order valence-corrected chi connectivity index (χ1v) is 11.8. The summed E-state index contributed by atoms with van der Waals surface area (Å²) >= 11 is 13.8. The second-order valence-electron chi connectivity index (χ2n) is 6.70. The van der Waals surface area contributed by atoms with E-state index in [-0.39, 0.29) is 0 Å². The van der Waals surface area contributed by atoms with E-state index in [0.29, 0.717) is 34.8 Å². The van der Waals surface area contributed by atoms with E-state index in [2.05, 4.69) is 10.2 Å². The molecule has 0 spiro atoms. The van der Waals surface area contributed by atoms with Crippen molar-refractivity contribution >= 4 is 35.0 Å². The highest BCUT2D eigenvalue weighted by molar-refractivity contribution is 7.99. The molecule has 0 radical (unpaired) electrons. The summed E-state index contributed by atoms with van der Waals surface area (Å²) in [5.74, 6) is 2.91. The Morgan fingerprint density at radius 2 is 1.62 bits per heavy atom. The summed E-state index contributed by atoms with van der Waals surface area (Å²) in [6, 6.07) is 22.9. The van der Waals surface area contributed by atoms with E-state index in [0.717, 1.165) is 28.0 Å². The zero-order chi connectivity index (χ0) is 22.3. The van der Waals surface area contributed by atoms with Crippen molar-refractivity contribution in [1.29, 1.82) is 0 Å². The molecule has 3 aromatic carbocycles. The fraction of sp³-hybridized carbons (Fsp3) is 0.167. The quantitative estimate of drug-likeness (QED) is 0.192. The van der Waals surface area contributed by atoms with Crippen LogP contribution in [0.4, 0.5) is 0 Å². The predicted octanol–water partition coefficient (Wildman–Crippen LogP) is 6.81. The van der Waals surface area contributed by atoms with Crippen LogP contribution in [0.2, 0.25) is 10.0 Å². The number of para-hydroxylation sites is 1. The number of hydrogen-bond donors (Lipinski definition) is 0. The molecule has 164 valence electrons. The number of nitrogens with zero attached hydrogens (tertiary/aromatic N) is 3. The predicted molar refractivity (Wildman–Crippen MR) is 131 cm³/mol. The van der Waals surface area contributed by atoms with Gasteiger partial charge in [-0.1, -0.05) is 47.1 Å². The van der Waals surface area contributed by atoms with Crippen LogP contribution in [-0.4, -0.2) is 33.7 Å². The largest absolute Gasteiger partial charge is 0.494 e. The summed E-state index contributed by atoms with van der Waals surface area (Å²) in [6.45, 7) is 3.07. The Kier molecular flexibility index (Phi) is 7.58. The summed E-state index contributed by atoms with van der Waals surface area (Å²) in [6.07, 6.45) is 0. The molecule has 5 nitrogen and oxygen atoms in total. The summed E-state index contributed by atoms with van der Waals surface area (Å²) in [5, 5.41) is 10.9. The first-order valence-electron chi connectivity index (χ1n) is 10.1. The maximum atomic E-state index is 6.16. The normalized spacial score (nSPS) is 10.8. The van der Waals surface area contributed by atoms with Crippen molar-refractivity contribution in [3.63, 3.8) is 0 Å². The lowest BCUT2D eigenvalue weighted by atomic mass is 10.2. The van der Waals surface area contributed by atoms with Crippen LogP contribution in [0.5, 0.6) is 11.5 Å². The number of benzene rings is 3. The van der Waals surface area contributed by atoms with Crippen molar-refractivity contribution < 1.29 is 9.47 Å². The number of hydrogen-bond acceptors (Lipinski definition) is 5. The maximum Gasteiger partial charge on any atom is 0.196 e. The summed E-state index contributed by atoms with van der Waals surface area (Å²) in [5.41, 5.74) is 1.87. The summed E-state index contributed by atoms with van der Waals surface area (Å²) < 4.78 is 13.4. The lowest BCUT2D eigenvalue weighted by molar-refractivity contribution is 0.340. The minimum atomic E-state index is 0.487. The van der Waals surface area contributed by atoms with Crippen LogP contribution in [0.1, 0.15) is 6.92 Å². The van der Waals surface area contributed by atoms with Crippen molar-refractivity contribution in [1.82, 2.24) is 14.8 Å². The number of rotatable bonds is 9. The van der Waals surface area contributed by atoms with E-state index in [1.54, 1.807) is 11.8 Å². The Balaban J connectivity index is 1.57. The van der Waals surface area contributed by atoms with Gasteiger partial charge in [0, 0.05) is 22.0 Å². The van der Waals surface area contributed by atoms with Crippen molar-refractivity contribution in [2.24, 2.45) is 0 Å². The van der Waals surface area contributed by atoms with Crippen LogP contribution in [0.15, 0.2) is 78.0 Å². The molecule has 0 aliphatic carbocycles. The third kappa shape index (κ3) is 5.38. The van der Waals surface area contributed by atoms with E-state index in [9.17, 15) is 0 Å². The maximum absolute atomic E-state index is 6.16. The van der Waals surface area contributed by atoms with Gasteiger partial charge in [0.1, 0.15) is 11.5 Å². The Bertz CT molecular complexity index is 1160. The van der Waals surface area contributed by atoms with Crippen LogP contribution in [0.3, 0.4) is 0 Å². The van der Waals surface area contributed by atoms with Crippen molar-refractivity contribution in [3.8, 4) is 28.6 Å². The average Bonchev–Trinajstić information content (AvgIpc) is 3.23. The molecule has 1 heterocycles. The topological polar surface area (TPSA) is 49.2 Å². The zero-order valence-corrected chi connectivity index (χ0v) is 19.7.